The van der Waals surface area contributed by atoms with Crippen molar-refractivity contribution in [3.05, 3.63) is 103 Å². The molecule has 0 fully saturated rings. The number of hydrogen-bond acceptors (Lipinski definition) is 4. The molecule has 0 saturated heterocycles. The summed E-state index contributed by atoms with van der Waals surface area (Å²) in [4.78, 5) is 14.0. The lowest BCUT2D eigenvalue weighted by atomic mass is 10.1. The number of rotatable bonds is 2. The molecule has 0 spiro atoms. The third-order valence-electron chi connectivity index (χ3n) is 7.08. The average Bonchev–Trinajstić information content (AvgIpc) is 3.46. The highest BCUT2D eigenvalue weighted by Gasteiger charge is 2.22. The number of fused-ring (bicyclic) bond motifs is 8. The standard InChI is InChI=1S/C30H20N6/c1-2-8-19(9-3-1)35-25-12-6-4-10-20(25)21-14-15-27-28(29(21)35)22-11-5-7-13-26(22)36(27)30-32-17-23-24(34-30)16-31-18-33-23/h1-15,17-18H,16H2,(H,31,33). The van der Waals surface area contributed by atoms with Gasteiger partial charge in [0.05, 0.1) is 46.8 Å². The van der Waals surface area contributed by atoms with Gasteiger partial charge in [-0.15, -0.1) is 0 Å². The Balaban J connectivity index is 1.57. The Bertz CT molecular complexity index is 2000. The second-order valence-electron chi connectivity index (χ2n) is 9.04. The van der Waals surface area contributed by atoms with Crippen LogP contribution in [0.3, 0.4) is 0 Å². The van der Waals surface area contributed by atoms with Gasteiger partial charge in [0.1, 0.15) is 5.69 Å². The molecule has 170 valence electrons. The molecule has 4 aromatic carbocycles. The van der Waals surface area contributed by atoms with Crippen molar-refractivity contribution in [2.75, 3.05) is 0 Å². The van der Waals surface area contributed by atoms with Gasteiger partial charge < -0.3 is 9.88 Å². The molecule has 0 unspecified atom stereocenters. The molecule has 0 aliphatic carbocycles. The Morgan fingerprint density at radius 1 is 0.667 bits per heavy atom. The van der Waals surface area contributed by atoms with E-state index in [9.17, 15) is 0 Å². The Morgan fingerprint density at radius 3 is 2.28 bits per heavy atom. The Morgan fingerprint density at radius 2 is 1.42 bits per heavy atom. The maximum absolute atomic E-state index is 4.93. The van der Waals surface area contributed by atoms with Crippen LogP contribution in [-0.4, -0.2) is 25.4 Å². The number of aliphatic imine (C=N–C) groups is 1. The first kappa shape index (κ1) is 19.3. The number of nitrogens with one attached hydrogen (secondary N) is 1. The highest BCUT2D eigenvalue weighted by atomic mass is 15.2. The van der Waals surface area contributed by atoms with Gasteiger partial charge in [-0.25, -0.2) is 15.0 Å². The predicted octanol–water partition coefficient (Wildman–Crippen LogP) is 6.43. The molecule has 6 heteroatoms. The fourth-order valence-corrected chi connectivity index (χ4v) is 5.57. The number of nitrogens with zero attached hydrogens (tertiary/aromatic N) is 5. The lowest BCUT2D eigenvalue weighted by Gasteiger charge is -2.12. The zero-order valence-electron chi connectivity index (χ0n) is 19.3. The molecule has 1 aliphatic rings. The van der Waals surface area contributed by atoms with Crippen molar-refractivity contribution in [3.63, 3.8) is 0 Å². The summed E-state index contributed by atoms with van der Waals surface area (Å²) in [5.74, 6) is 0.653. The summed E-state index contributed by atoms with van der Waals surface area (Å²) in [7, 11) is 0. The highest BCUT2D eigenvalue weighted by molar-refractivity contribution is 6.26. The van der Waals surface area contributed by atoms with Crippen molar-refractivity contribution in [2.24, 2.45) is 4.99 Å². The fraction of sp³-hybridized carbons (Fsp3) is 0.0333. The second kappa shape index (κ2) is 7.26. The summed E-state index contributed by atoms with van der Waals surface area (Å²) in [6.45, 7) is 0.637. The van der Waals surface area contributed by atoms with E-state index in [4.69, 9.17) is 9.97 Å². The van der Waals surface area contributed by atoms with Crippen LogP contribution in [0.4, 0.5) is 5.69 Å². The topological polar surface area (TPSA) is 60.0 Å². The minimum Gasteiger partial charge on any atom is -0.370 e. The van der Waals surface area contributed by atoms with E-state index in [1.54, 1.807) is 6.34 Å². The van der Waals surface area contributed by atoms with Gasteiger partial charge in [0.15, 0.2) is 0 Å². The summed E-state index contributed by atoms with van der Waals surface area (Å²) in [5.41, 5.74) is 7.39. The highest BCUT2D eigenvalue weighted by Crippen LogP contribution is 2.41. The SMILES string of the molecule is C1=Nc2cnc(-n3c4ccccc4c4c3ccc3c5ccccc5n(-c5ccccc5)c34)nc2CN1. The quantitative estimate of drug-likeness (QED) is 0.321. The largest absolute Gasteiger partial charge is 0.370 e. The molecule has 0 atom stereocenters. The van der Waals surface area contributed by atoms with Crippen LogP contribution < -0.4 is 5.32 Å². The van der Waals surface area contributed by atoms with Crippen LogP contribution >= 0.6 is 0 Å². The van der Waals surface area contributed by atoms with Gasteiger partial charge in [-0.1, -0.05) is 60.7 Å². The van der Waals surface area contributed by atoms with Crippen LogP contribution in [0.15, 0.2) is 102 Å². The van der Waals surface area contributed by atoms with E-state index >= 15 is 0 Å². The van der Waals surface area contributed by atoms with E-state index in [0.717, 1.165) is 28.1 Å². The molecular weight excluding hydrogens is 444 g/mol. The third kappa shape index (κ3) is 2.58. The number of benzene rings is 4. The molecule has 0 saturated carbocycles. The Kier molecular flexibility index (Phi) is 3.90. The van der Waals surface area contributed by atoms with Gasteiger partial charge in [0.25, 0.3) is 0 Å². The van der Waals surface area contributed by atoms with Crippen molar-refractivity contribution in [1.82, 2.24) is 24.4 Å². The molecule has 8 rings (SSSR count). The van der Waals surface area contributed by atoms with Crippen molar-refractivity contribution in [1.29, 1.82) is 0 Å². The van der Waals surface area contributed by atoms with E-state index < -0.39 is 0 Å². The summed E-state index contributed by atoms with van der Waals surface area (Å²) in [6, 6.07) is 32.2. The molecule has 1 N–H and O–H groups in total. The third-order valence-corrected chi connectivity index (χ3v) is 7.08. The van der Waals surface area contributed by atoms with Crippen LogP contribution in [0.5, 0.6) is 0 Å². The minimum absolute atomic E-state index is 0.637. The van der Waals surface area contributed by atoms with E-state index in [-0.39, 0.29) is 0 Å². The molecular formula is C30H20N6. The van der Waals surface area contributed by atoms with Gasteiger partial charge in [-0.2, -0.15) is 0 Å². The molecule has 6 nitrogen and oxygen atoms in total. The Labute approximate surface area is 206 Å². The first-order chi connectivity index (χ1) is 17.9. The van der Waals surface area contributed by atoms with Crippen LogP contribution in [0.1, 0.15) is 5.69 Å². The van der Waals surface area contributed by atoms with Gasteiger partial charge >= 0.3 is 0 Å². The van der Waals surface area contributed by atoms with E-state index in [0.29, 0.717) is 12.5 Å². The lowest BCUT2D eigenvalue weighted by Crippen LogP contribution is -2.17. The molecule has 36 heavy (non-hydrogen) atoms. The molecule has 0 amide bonds. The fourth-order valence-electron chi connectivity index (χ4n) is 5.57. The average molecular weight is 465 g/mol. The molecule has 0 radical (unpaired) electrons. The number of aromatic nitrogens is 4. The second-order valence-corrected chi connectivity index (χ2v) is 9.04. The van der Waals surface area contributed by atoms with Crippen molar-refractivity contribution in [2.45, 2.75) is 6.54 Å². The summed E-state index contributed by atoms with van der Waals surface area (Å²) >= 11 is 0. The Hall–Kier alpha value is -4.97. The smallest absolute Gasteiger partial charge is 0.235 e. The minimum atomic E-state index is 0.637. The number of hydrogen-bond donors (Lipinski definition) is 1. The van der Waals surface area contributed by atoms with E-state index in [1.165, 1.54) is 32.6 Å². The van der Waals surface area contributed by atoms with Crippen LogP contribution in [0, 0.1) is 0 Å². The summed E-state index contributed by atoms with van der Waals surface area (Å²) < 4.78 is 4.56. The number of para-hydroxylation sites is 3. The molecule has 4 heterocycles. The van der Waals surface area contributed by atoms with Gasteiger partial charge in [0, 0.05) is 27.2 Å². The van der Waals surface area contributed by atoms with Crippen LogP contribution in [0.2, 0.25) is 0 Å². The van der Waals surface area contributed by atoms with Gasteiger partial charge in [-0.3, -0.25) is 4.57 Å². The predicted molar refractivity (Wildman–Crippen MR) is 146 cm³/mol. The summed E-state index contributed by atoms with van der Waals surface area (Å²) in [6.07, 6.45) is 3.51. The molecule has 7 aromatic rings. The monoisotopic (exact) mass is 464 g/mol. The summed E-state index contributed by atoms with van der Waals surface area (Å²) in [5, 5.41) is 8.00. The van der Waals surface area contributed by atoms with Crippen molar-refractivity contribution < 1.29 is 0 Å². The lowest BCUT2D eigenvalue weighted by molar-refractivity contribution is 0.838. The van der Waals surface area contributed by atoms with E-state index in [1.807, 2.05) is 6.20 Å². The zero-order chi connectivity index (χ0) is 23.6. The van der Waals surface area contributed by atoms with Crippen LogP contribution in [-0.2, 0) is 6.54 Å². The van der Waals surface area contributed by atoms with Crippen molar-refractivity contribution >= 4 is 55.6 Å². The normalized spacial score (nSPS) is 13.0. The first-order valence-corrected chi connectivity index (χ1v) is 12.0. The van der Waals surface area contributed by atoms with Gasteiger partial charge in [0.2, 0.25) is 5.95 Å². The van der Waals surface area contributed by atoms with Crippen molar-refractivity contribution in [3.8, 4) is 11.6 Å². The van der Waals surface area contributed by atoms with E-state index in [2.05, 4.69) is 110 Å². The van der Waals surface area contributed by atoms with Crippen LogP contribution in [0.25, 0.3) is 55.2 Å². The molecule has 1 aliphatic heterocycles. The molecule has 0 bridgehead atoms. The maximum atomic E-state index is 4.93. The zero-order valence-corrected chi connectivity index (χ0v) is 19.3. The maximum Gasteiger partial charge on any atom is 0.235 e. The van der Waals surface area contributed by atoms with Gasteiger partial charge in [-0.05, 0) is 30.3 Å². The molecule has 3 aromatic heterocycles. The first-order valence-electron chi connectivity index (χ1n) is 12.0.